The predicted octanol–water partition coefficient (Wildman–Crippen LogP) is 2.66. The summed E-state index contributed by atoms with van der Waals surface area (Å²) in [6.07, 6.45) is 0. The van der Waals surface area contributed by atoms with Crippen LogP contribution in [-0.4, -0.2) is 23.8 Å². The van der Waals surface area contributed by atoms with Crippen molar-refractivity contribution in [2.75, 3.05) is 18.5 Å². The van der Waals surface area contributed by atoms with Crippen molar-refractivity contribution in [2.24, 2.45) is 0 Å². The van der Waals surface area contributed by atoms with Gasteiger partial charge in [-0.05, 0) is 37.2 Å². The third kappa shape index (κ3) is 3.29. The molecule has 0 aliphatic carbocycles. The van der Waals surface area contributed by atoms with Crippen LogP contribution in [0.25, 0.3) is 0 Å². The molecule has 1 aromatic heterocycles. The number of hydrogen-bond donors (Lipinski definition) is 1. The number of anilines is 2. The van der Waals surface area contributed by atoms with Crippen LogP contribution < -0.4 is 10.2 Å². The minimum absolute atomic E-state index is 0.762. The van der Waals surface area contributed by atoms with E-state index in [0.29, 0.717) is 0 Å². The number of nitrogens with zero attached hydrogens (tertiary/aromatic N) is 3. The summed E-state index contributed by atoms with van der Waals surface area (Å²) in [5.74, 6) is 0.856. The second kappa shape index (κ2) is 6.29. The second-order valence-corrected chi connectivity index (χ2v) is 4.51. The molecule has 0 amide bonds. The minimum atomic E-state index is 0.762. The van der Waals surface area contributed by atoms with Crippen LogP contribution in [0.5, 0.6) is 0 Å². The normalized spacial score (nSPS) is 10.5. The van der Waals surface area contributed by atoms with Crippen molar-refractivity contribution in [1.82, 2.24) is 15.5 Å². The van der Waals surface area contributed by atoms with Crippen molar-refractivity contribution >= 4 is 11.5 Å². The molecule has 0 aliphatic rings. The molecule has 2 rings (SSSR count). The standard InChI is InChI=1S/C15H20N4/c1-4-16-11-13-9-10-15(18-17-13)19(3)14-8-6-5-7-12(14)2/h5-10,16H,4,11H2,1-3H3. The average Bonchev–Trinajstić information content (AvgIpc) is 2.45. The van der Waals surface area contributed by atoms with Crippen LogP contribution in [0, 0.1) is 6.92 Å². The minimum Gasteiger partial charge on any atom is -0.328 e. The average molecular weight is 256 g/mol. The van der Waals surface area contributed by atoms with E-state index in [1.54, 1.807) is 0 Å². The van der Waals surface area contributed by atoms with Crippen molar-refractivity contribution < 1.29 is 0 Å². The summed E-state index contributed by atoms with van der Waals surface area (Å²) in [6, 6.07) is 12.3. The van der Waals surface area contributed by atoms with Gasteiger partial charge < -0.3 is 10.2 Å². The molecular weight excluding hydrogens is 236 g/mol. The summed E-state index contributed by atoms with van der Waals surface area (Å²) < 4.78 is 0. The van der Waals surface area contributed by atoms with E-state index in [4.69, 9.17) is 0 Å². The molecule has 0 spiro atoms. The third-order valence-electron chi connectivity index (χ3n) is 3.08. The molecule has 100 valence electrons. The first-order chi connectivity index (χ1) is 9.22. The molecule has 0 atom stereocenters. The van der Waals surface area contributed by atoms with E-state index in [2.05, 4.69) is 46.4 Å². The van der Waals surface area contributed by atoms with Gasteiger partial charge >= 0.3 is 0 Å². The molecule has 1 heterocycles. The van der Waals surface area contributed by atoms with Crippen LogP contribution in [0.4, 0.5) is 11.5 Å². The Balaban J connectivity index is 2.16. The predicted molar refractivity (Wildman–Crippen MR) is 78.7 cm³/mol. The molecule has 1 aromatic carbocycles. The fourth-order valence-corrected chi connectivity index (χ4v) is 1.94. The molecule has 4 heteroatoms. The number of aromatic nitrogens is 2. The van der Waals surface area contributed by atoms with Gasteiger partial charge in [-0.1, -0.05) is 25.1 Å². The summed E-state index contributed by atoms with van der Waals surface area (Å²) in [5.41, 5.74) is 3.34. The van der Waals surface area contributed by atoms with E-state index in [1.807, 2.05) is 31.3 Å². The molecule has 0 aliphatic heterocycles. The van der Waals surface area contributed by atoms with Gasteiger partial charge in [-0.15, -0.1) is 5.10 Å². The number of aryl methyl sites for hydroxylation is 1. The summed E-state index contributed by atoms with van der Waals surface area (Å²) >= 11 is 0. The number of hydrogen-bond acceptors (Lipinski definition) is 4. The Morgan fingerprint density at radius 2 is 1.89 bits per heavy atom. The van der Waals surface area contributed by atoms with Gasteiger partial charge in [0.05, 0.1) is 5.69 Å². The summed E-state index contributed by atoms with van der Waals surface area (Å²) in [5, 5.41) is 11.8. The highest BCUT2D eigenvalue weighted by Gasteiger charge is 2.08. The molecule has 0 unspecified atom stereocenters. The quantitative estimate of drug-likeness (QED) is 0.893. The lowest BCUT2D eigenvalue weighted by molar-refractivity contribution is 0.698. The van der Waals surface area contributed by atoms with Crippen LogP contribution in [0.1, 0.15) is 18.2 Å². The third-order valence-corrected chi connectivity index (χ3v) is 3.08. The number of nitrogens with one attached hydrogen (secondary N) is 1. The zero-order chi connectivity index (χ0) is 13.7. The monoisotopic (exact) mass is 256 g/mol. The van der Waals surface area contributed by atoms with Crippen LogP contribution in [-0.2, 0) is 6.54 Å². The van der Waals surface area contributed by atoms with Gasteiger partial charge in [-0.25, -0.2) is 0 Å². The van der Waals surface area contributed by atoms with Gasteiger partial charge in [0.15, 0.2) is 5.82 Å². The van der Waals surface area contributed by atoms with E-state index in [1.165, 1.54) is 5.56 Å². The number of benzene rings is 1. The first kappa shape index (κ1) is 13.5. The zero-order valence-corrected chi connectivity index (χ0v) is 11.7. The highest BCUT2D eigenvalue weighted by atomic mass is 15.3. The molecule has 2 aromatic rings. The maximum absolute atomic E-state index is 4.28. The zero-order valence-electron chi connectivity index (χ0n) is 11.7. The summed E-state index contributed by atoms with van der Waals surface area (Å²) in [7, 11) is 2.01. The molecular formula is C15H20N4. The van der Waals surface area contributed by atoms with Gasteiger partial charge in [0.1, 0.15) is 0 Å². The molecule has 0 radical (unpaired) electrons. The van der Waals surface area contributed by atoms with Gasteiger partial charge in [-0.3, -0.25) is 0 Å². The van der Waals surface area contributed by atoms with Gasteiger partial charge in [0, 0.05) is 19.3 Å². The highest BCUT2D eigenvalue weighted by molar-refractivity contribution is 5.62. The summed E-state index contributed by atoms with van der Waals surface area (Å²) in [4.78, 5) is 2.05. The van der Waals surface area contributed by atoms with E-state index in [0.717, 1.165) is 30.3 Å². The van der Waals surface area contributed by atoms with E-state index >= 15 is 0 Å². The van der Waals surface area contributed by atoms with Crippen LogP contribution in [0.3, 0.4) is 0 Å². The Hall–Kier alpha value is -1.94. The molecule has 0 fully saturated rings. The smallest absolute Gasteiger partial charge is 0.155 e. The van der Waals surface area contributed by atoms with E-state index in [9.17, 15) is 0 Å². The molecule has 4 nitrogen and oxygen atoms in total. The fourth-order valence-electron chi connectivity index (χ4n) is 1.94. The lowest BCUT2D eigenvalue weighted by atomic mass is 10.2. The SMILES string of the molecule is CCNCc1ccc(N(C)c2ccccc2C)nn1. The fraction of sp³-hybridized carbons (Fsp3) is 0.333. The van der Waals surface area contributed by atoms with Crippen molar-refractivity contribution in [3.8, 4) is 0 Å². The van der Waals surface area contributed by atoms with E-state index < -0.39 is 0 Å². The first-order valence-corrected chi connectivity index (χ1v) is 6.55. The van der Waals surface area contributed by atoms with Gasteiger partial charge in [0.25, 0.3) is 0 Å². The van der Waals surface area contributed by atoms with Crippen LogP contribution in [0.15, 0.2) is 36.4 Å². The Labute approximate surface area is 114 Å². The largest absolute Gasteiger partial charge is 0.328 e. The number of para-hydroxylation sites is 1. The van der Waals surface area contributed by atoms with Crippen molar-refractivity contribution in [3.05, 3.63) is 47.7 Å². The second-order valence-electron chi connectivity index (χ2n) is 4.51. The topological polar surface area (TPSA) is 41.0 Å². The van der Waals surface area contributed by atoms with Crippen molar-refractivity contribution in [2.45, 2.75) is 20.4 Å². The molecule has 0 saturated heterocycles. The van der Waals surface area contributed by atoms with Crippen molar-refractivity contribution in [3.63, 3.8) is 0 Å². The number of rotatable bonds is 5. The molecule has 19 heavy (non-hydrogen) atoms. The Kier molecular flexibility index (Phi) is 4.47. The lowest BCUT2D eigenvalue weighted by Gasteiger charge is -2.19. The molecule has 0 saturated carbocycles. The van der Waals surface area contributed by atoms with Crippen LogP contribution in [0.2, 0.25) is 0 Å². The Morgan fingerprint density at radius 1 is 1.11 bits per heavy atom. The highest BCUT2D eigenvalue weighted by Crippen LogP contribution is 2.24. The van der Waals surface area contributed by atoms with Gasteiger partial charge in [0.2, 0.25) is 0 Å². The first-order valence-electron chi connectivity index (χ1n) is 6.55. The summed E-state index contributed by atoms with van der Waals surface area (Å²) in [6.45, 7) is 5.87. The molecule has 1 N–H and O–H groups in total. The van der Waals surface area contributed by atoms with Crippen molar-refractivity contribution in [1.29, 1.82) is 0 Å². The molecule has 0 bridgehead atoms. The lowest BCUT2D eigenvalue weighted by Crippen LogP contribution is -2.16. The maximum Gasteiger partial charge on any atom is 0.155 e. The van der Waals surface area contributed by atoms with Crippen LogP contribution >= 0.6 is 0 Å². The maximum atomic E-state index is 4.28. The van der Waals surface area contributed by atoms with E-state index in [-0.39, 0.29) is 0 Å². The Morgan fingerprint density at radius 3 is 2.53 bits per heavy atom. The van der Waals surface area contributed by atoms with Gasteiger partial charge in [-0.2, -0.15) is 5.10 Å². The Bertz CT molecular complexity index is 522.